The molecule has 1 aromatic carbocycles. The molecular weight excluding hydrogens is 238 g/mol. The van der Waals surface area contributed by atoms with E-state index in [0.717, 1.165) is 6.07 Å². The van der Waals surface area contributed by atoms with E-state index in [9.17, 15) is 13.6 Å². The molecule has 0 saturated carbocycles. The van der Waals surface area contributed by atoms with Crippen molar-refractivity contribution in [1.29, 1.82) is 5.26 Å². The van der Waals surface area contributed by atoms with Gasteiger partial charge in [0.15, 0.2) is 11.6 Å². The van der Waals surface area contributed by atoms with E-state index < -0.39 is 17.5 Å². The first-order valence-corrected chi connectivity index (χ1v) is 5.67. The summed E-state index contributed by atoms with van der Waals surface area (Å²) in [6.07, 6.45) is 0.588. The molecule has 5 heteroatoms. The standard InChI is InChI=1S/C13H14F2N2O/c1-2-10(6-7-16)17-12(18)8-9-4-3-5-11(14)13(9)15/h3-5,10H,2,6,8H2,1H3,(H,17,18). The fraction of sp³-hybridized carbons (Fsp3) is 0.385. The van der Waals surface area contributed by atoms with Crippen LogP contribution in [0, 0.1) is 23.0 Å². The third-order valence-corrected chi connectivity index (χ3v) is 2.58. The van der Waals surface area contributed by atoms with Crippen molar-refractivity contribution in [3.05, 3.63) is 35.4 Å². The lowest BCUT2D eigenvalue weighted by molar-refractivity contribution is -0.121. The Balaban J connectivity index is 2.65. The van der Waals surface area contributed by atoms with Gasteiger partial charge in [0.2, 0.25) is 5.91 Å². The third-order valence-electron chi connectivity index (χ3n) is 2.58. The van der Waals surface area contributed by atoms with Crippen molar-refractivity contribution in [3.63, 3.8) is 0 Å². The number of amides is 1. The summed E-state index contributed by atoms with van der Waals surface area (Å²) in [7, 11) is 0. The van der Waals surface area contributed by atoms with E-state index in [4.69, 9.17) is 5.26 Å². The highest BCUT2D eigenvalue weighted by Gasteiger charge is 2.14. The third kappa shape index (κ3) is 3.81. The normalized spacial score (nSPS) is 11.7. The Morgan fingerprint density at radius 3 is 2.83 bits per heavy atom. The van der Waals surface area contributed by atoms with E-state index >= 15 is 0 Å². The molecular formula is C13H14F2N2O. The van der Waals surface area contributed by atoms with Gasteiger partial charge in [0, 0.05) is 11.6 Å². The van der Waals surface area contributed by atoms with Crippen molar-refractivity contribution in [1.82, 2.24) is 5.32 Å². The molecule has 0 saturated heterocycles. The van der Waals surface area contributed by atoms with Gasteiger partial charge in [-0.05, 0) is 12.5 Å². The summed E-state index contributed by atoms with van der Waals surface area (Å²) in [5, 5.41) is 11.2. The molecule has 0 fully saturated rings. The number of halogens is 2. The van der Waals surface area contributed by atoms with E-state index in [0.29, 0.717) is 6.42 Å². The molecule has 18 heavy (non-hydrogen) atoms. The molecule has 0 radical (unpaired) electrons. The summed E-state index contributed by atoms with van der Waals surface area (Å²) in [5.41, 5.74) is 0.0133. The Bertz CT molecular complexity index is 469. The van der Waals surface area contributed by atoms with Crippen LogP contribution in [0.5, 0.6) is 0 Å². The molecule has 0 heterocycles. The maximum atomic E-state index is 13.3. The number of carbonyl (C=O) groups is 1. The topological polar surface area (TPSA) is 52.9 Å². The van der Waals surface area contributed by atoms with Crippen molar-refractivity contribution >= 4 is 5.91 Å². The smallest absolute Gasteiger partial charge is 0.224 e. The zero-order valence-corrected chi connectivity index (χ0v) is 10.0. The number of rotatable bonds is 5. The van der Waals surface area contributed by atoms with Crippen molar-refractivity contribution < 1.29 is 13.6 Å². The monoisotopic (exact) mass is 252 g/mol. The van der Waals surface area contributed by atoms with Gasteiger partial charge in [-0.1, -0.05) is 19.1 Å². The van der Waals surface area contributed by atoms with E-state index in [1.54, 1.807) is 0 Å². The molecule has 3 nitrogen and oxygen atoms in total. The number of hydrogen-bond acceptors (Lipinski definition) is 2. The molecule has 1 unspecified atom stereocenters. The van der Waals surface area contributed by atoms with E-state index in [1.165, 1.54) is 12.1 Å². The molecule has 1 amide bonds. The van der Waals surface area contributed by atoms with E-state index in [2.05, 4.69) is 5.32 Å². The molecule has 0 aliphatic heterocycles. The SMILES string of the molecule is CCC(CC#N)NC(=O)Cc1cccc(F)c1F. The predicted molar refractivity (Wildman–Crippen MR) is 62.5 cm³/mol. The molecule has 0 aliphatic carbocycles. The number of carbonyl (C=O) groups excluding carboxylic acids is 1. The molecule has 0 spiro atoms. The minimum atomic E-state index is -0.999. The van der Waals surface area contributed by atoms with Crippen molar-refractivity contribution in [2.24, 2.45) is 0 Å². The highest BCUT2D eigenvalue weighted by atomic mass is 19.2. The van der Waals surface area contributed by atoms with Crippen LogP contribution in [0.3, 0.4) is 0 Å². The molecule has 1 N–H and O–H groups in total. The lowest BCUT2D eigenvalue weighted by Gasteiger charge is -2.13. The van der Waals surface area contributed by atoms with Crippen molar-refractivity contribution in [2.45, 2.75) is 32.2 Å². The first-order chi connectivity index (χ1) is 8.58. The number of nitrogens with zero attached hydrogens (tertiary/aromatic N) is 1. The van der Waals surface area contributed by atoms with Gasteiger partial charge in [0.25, 0.3) is 0 Å². The Kier molecular flexibility index (Phi) is 5.25. The van der Waals surface area contributed by atoms with Crippen LogP contribution in [0.15, 0.2) is 18.2 Å². The molecule has 0 aromatic heterocycles. The Morgan fingerprint density at radius 1 is 1.50 bits per heavy atom. The predicted octanol–water partition coefficient (Wildman–Crippen LogP) is 2.32. The van der Waals surface area contributed by atoms with Crippen molar-refractivity contribution in [3.8, 4) is 6.07 Å². The van der Waals surface area contributed by atoms with E-state index in [1.807, 2.05) is 13.0 Å². The molecule has 1 rings (SSSR count). The fourth-order valence-electron chi connectivity index (χ4n) is 1.54. The number of nitrogens with one attached hydrogen (secondary N) is 1. The first kappa shape index (κ1) is 14.1. The molecule has 1 aromatic rings. The average molecular weight is 252 g/mol. The Labute approximate surface area is 104 Å². The van der Waals surface area contributed by atoms with Gasteiger partial charge in [0.05, 0.1) is 18.9 Å². The van der Waals surface area contributed by atoms with E-state index in [-0.39, 0.29) is 24.4 Å². The van der Waals surface area contributed by atoms with Gasteiger partial charge >= 0.3 is 0 Å². The van der Waals surface area contributed by atoms with Crippen LogP contribution in [-0.2, 0) is 11.2 Å². The Hall–Kier alpha value is -1.96. The summed E-state index contributed by atoms with van der Waals surface area (Å²) in [6, 6.07) is 5.43. The average Bonchev–Trinajstić information content (AvgIpc) is 2.34. The second-order valence-corrected chi connectivity index (χ2v) is 3.92. The van der Waals surface area contributed by atoms with Crippen LogP contribution in [0.1, 0.15) is 25.3 Å². The van der Waals surface area contributed by atoms with Crippen LogP contribution in [0.2, 0.25) is 0 Å². The van der Waals surface area contributed by atoms with Gasteiger partial charge in [-0.3, -0.25) is 4.79 Å². The molecule has 96 valence electrons. The summed E-state index contributed by atoms with van der Waals surface area (Å²) in [6.45, 7) is 1.84. The van der Waals surface area contributed by atoms with Crippen molar-refractivity contribution in [2.75, 3.05) is 0 Å². The van der Waals surface area contributed by atoms with Gasteiger partial charge in [-0.2, -0.15) is 5.26 Å². The summed E-state index contributed by atoms with van der Waals surface area (Å²) in [4.78, 5) is 11.6. The zero-order chi connectivity index (χ0) is 13.5. The summed E-state index contributed by atoms with van der Waals surface area (Å²) < 4.78 is 26.3. The highest BCUT2D eigenvalue weighted by Crippen LogP contribution is 2.12. The second-order valence-electron chi connectivity index (χ2n) is 3.92. The summed E-state index contributed by atoms with van der Waals surface area (Å²) >= 11 is 0. The minimum absolute atomic E-state index is 0.0133. The highest BCUT2D eigenvalue weighted by molar-refractivity contribution is 5.78. The molecule has 0 aliphatic rings. The number of nitriles is 1. The quantitative estimate of drug-likeness (QED) is 0.874. The van der Waals surface area contributed by atoms with Gasteiger partial charge in [-0.15, -0.1) is 0 Å². The summed E-state index contributed by atoms with van der Waals surface area (Å²) in [5.74, 6) is -2.38. The maximum absolute atomic E-state index is 13.3. The zero-order valence-electron chi connectivity index (χ0n) is 10.0. The Morgan fingerprint density at radius 2 is 2.22 bits per heavy atom. The first-order valence-electron chi connectivity index (χ1n) is 5.67. The van der Waals surface area contributed by atoms with Gasteiger partial charge in [0.1, 0.15) is 0 Å². The molecule has 1 atom stereocenters. The lowest BCUT2D eigenvalue weighted by atomic mass is 10.1. The number of benzene rings is 1. The largest absolute Gasteiger partial charge is 0.352 e. The molecule has 0 bridgehead atoms. The van der Waals surface area contributed by atoms with Crippen LogP contribution in [0.25, 0.3) is 0 Å². The van der Waals surface area contributed by atoms with Crippen LogP contribution >= 0.6 is 0 Å². The van der Waals surface area contributed by atoms with Gasteiger partial charge < -0.3 is 5.32 Å². The van der Waals surface area contributed by atoms with Gasteiger partial charge in [-0.25, -0.2) is 8.78 Å². The lowest BCUT2D eigenvalue weighted by Crippen LogP contribution is -2.35. The minimum Gasteiger partial charge on any atom is -0.352 e. The number of hydrogen-bond donors (Lipinski definition) is 1. The van der Waals surface area contributed by atoms with Crippen LogP contribution in [0.4, 0.5) is 8.78 Å². The van der Waals surface area contributed by atoms with Crippen LogP contribution < -0.4 is 5.32 Å². The second kappa shape index (κ2) is 6.70. The fourth-order valence-corrected chi connectivity index (χ4v) is 1.54. The van der Waals surface area contributed by atoms with Crippen LogP contribution in [-0.4, -0.2) is 11.9 Å². The maximum Gasteiger partial charge on any atom is 0.224 e.